The number of hydrogen-bond donors (Lipinski definition) is 1. The fraction of sp³-hybridized carbons (Fsp3) is 0.176. The Morgan fingerprint density at radius 3 is 2.46 bits per heavy atom. The average molecular weight is 431 g/mol. The minimum absolute atomic E-state index is 0.0399. The summed E-state index contributed by atoms with van der Waals surface area (Å²) in [5, 5.41) is 3.71. The Balaban J connectivity index is 2.01. The van der Waals surface area contributed by atoms with E-state index < -0.39 is 32.7 Å². The van der Waals surface area contributed by atoms with Gasteiger partial charge in [-0.25, -0.2) is 18.1 Å². The molecule has 0 aliphatic carbocycles. The van der Waals surface area contributed by atoms with Crippen LogP contribution in [0.15, 0.2) is 66.1 Å². The molecule has 1 unspecified atom stereocenters. The van der Waals surface area contributed by atoms with Gasteiger partial charge in [-0.05, 0) is 23.8 Å². The van der Waals surface area contributed by atoms with E-state index in [0.29, 0.717) is 11.6 Å². The third-order valence-corrected chi connectivity index (χ3v) is 5.64. The monoisotopic (exact) mass is 430 g/mol. The van der Waals surface area contributed by atoms with Gasteiger partial charge in [0.1, 0.15) is 12.7 Å². The Morgan fingerprint density at radius 1 is 1.14 bits per heavy atom. The molecule has 0 fully saturated rings. The summed E-state index contributed by atoms with van der Waals surface area (Å²) < 4.78 is 69.4. The lowest BCUT2D eigenvalue weighted by atomic mass is 10.1. The largest absolute Gasteiger partial charge is 0.417 e. The van der Waals surface area contributed by atoms with E-state index in [4.69, 9.17) is 11.6 Å². The number of nitrogens with zero attached hydrogens (tertiary/aromatic N) is 3. The van der Waals surface area contributed by atoms with E-state index in [1.54, 1.807) is 30.3 Å². The van der Waals surface area contributed by atoms with Crippen molar-refractivity contribution in [3.05, 3.63) is 77.3 Å². The van der Waals surface area contributed by atoms with Crippen LogP contribution in [0.2, 0.25) is 5.02 Å². The van der Waals surface area contributed by atoms with Crippen LogP contribution in [0.1, 0.15) is 17.2 Å². The molecule has 3 aromatic rings. The molecule has 0 radical (unpaired) electrons. The molecule has 0 amide bonds. The fourth-order valence-corrected chi connectivity index (χ4v) is 4.21. The second-order valence-corrected chi connectivity index (χ2v) is 7.96. The molecule has 2 aromatic carbocycles. The number of nitrogens with one attached hydrogen (secondary N) is 1. The van der Waals surface area contributed by atoms with Crippen molar-refractivity contribution in [2.75, 3.05) is 0 Å². The molecule has 1 atom stereocenters. The first kappa shape index (κ1) is 20.3. The van der Waals surface area contributed by atoms with Crippen LogP contribution in [0.5, 0.6) is 0 Å². The van der Waals surface area contributed by atoms with E-state index in [-0.39, 0.29) is 11.6 Å². The molecular weight excluding hydrogens is 417 g/mol. The molecular formula is C17H14ClF3N4O2S. The SMILES string of the molecule is O=S(=O)(NC(Cn1cncn1)c1ccccc1)c1ccc(Cl)cc1C(F)(F)F. The van der Waals surface area contributed by atoms with Crippen molar-refractivity contribution >= 4 is 21.6 Å². The third-order valence-electron chi connectivity index (χ3n) is 3.87. The van der Waals surface area contributed by atoms with Gasteiger partial charge < -0.3 is 0 Å². The summed E-state index contributed by atoms with van der Waals surface area (Å²) in [6.07, 6.45) is -2.23. The van der Waals surface area contributed by atoms with Gasteiger partial charge >= 0.3 is 6.18 Å². The summed E-state index contributed by atoms with van der Waals surface area (Å²) in [6.45, 7) is 0.0399. The predicted octanol–water partition coefficient (Wildman–Crippen LogP) is 3.67. The number of benzene rings is 2. The van der Waals surface area contributed by atoms with Gasteiger partial charge in [0.15, 0.2) is 0 Å². The highest BCUT2D eigenvalue weighted by Gasteiger charge is 2.38. The molecule has 1 aromatic heterocycles. The van der Waals surface area contributed by atoms with Crippen LogP contribution in [0.25, 0.3) is 0 Å². The Hall–Kier alpha value is -2.43. The van der Waals surface area contributed by atoms with Gasteiger partial charge in [0.2, 0.25) is 10.0 Å². The van der Waals surface area contributed by atoms with E-state index in [9.17, 15) is 21.6 Å². The predicted molar refractivity (Wildman–Crippen MR) is 96.0 cm³/mol. The second kappa shape index (κ2) is 7.90. The number of hydrogen-bond acceptors (Lipinski definition) is 4. The first-order valence-electron chi connectivity index (χ1n) is 7.93. The average Bonchev–Trinajstić information content (AvgIpc) is 3.14. The third kappa shape index (κ3) is 4.70. The van der Waals surface area contributed by atoms with Crippen molar-refractivity contribution in [1.82, 2.24) is 19.5 Å². The van der Waals surface area contributed by atoms with Crippen LogP contribution < -0.4 is 4.72 Å². The zero-order chi connectivity index (χ0) is 20.4. The van der Waals surface area contributed by atoms with Crippen molar-refractivity contribution in [2.45, 2.75) is 23.7 Å². The van der Waals surface area contributed by atoms with E-state index >= 15 is 0 Å². The molecule has 3 rings (SSSR count). The van der Waals surface area contributed by atoms with Gasteiger partial charge in [-0.15, -0.1) is 0 Å². The van der Waals surface area contributed by atoms with Crippen molar-refractivity contribution in [2.24, 2.45) is 0 Å². The molecule has 0 spiro atoms. The molecule has 1 N–H and O–H groups in total. The summed E-state index contributed by atoms with van der Waals surface area (Å²) in [5.41, 5.74) is -0.774. The summed E-state index contributed by atoms with van der Waals surface area (Å²) in [7, 11) is -4.53. The maximum absolute atomic E-state index is 13.4. The maximum Gasteiger partial charge on any atom is 0.417 e. The molecule has 0 saturated heterocycles. The fourth-order valence-electron chi connectivity index (χ4n) is 2.62. The molecule has 0 aliphatic rings. The Morgan fingerprint density at radius 2 is 1.86 bits per heavy atom. The van der Waals surface area contributed by atoms with Crippen molar-refractivity contribution < 1.29 is 21.6 Å². The highest BCUT2D eigenvalue weighted by molar-refractivity contribution is 7.89. The van der Waals surface area contributed by atoms with Gasteiger partial charge in [-0.3, -0.25) is 4.68 Å². The second-order valence-electron chi connectivity index (χ2n) is 5.84. The minimum atomic E-state index is -4.89. The Kier molecular flexibility index (Phi) is 5.73. The lowest BCUT2D eigenvalue weighted by Gasteiger charge is -2.21. The molecule has 6 nitrogen and oxygen atoms in total. The van der Waals surface area contributed by atoms with Gasteiger partial charge in [-0.1, -0.05) is 41.9 Å². The summed E-state index contributed by atoms with van der Waals surface area (Å²) in [4.78, 5) is 2.89. The van der Waals surface area contributed by atoms with Crippen molar-refractivity contribution in [3.8, 4) is 0 Å². The number of sulfonamides is 1. The topological polar surface area (TPSA) is 76.9 Å². The van der Waals surface area contributed by atoms with Crippen LogP contribution >= 0.6 is 11.6 Å². The highest BCUT2D eigenvalue weighted by Crippen LogP contribution is 2.36. The van der Waals surface area contributed by atoms with Crippen LogP contribution in [-0.4, -0.2) is 23.2 Å². The standard InChI is InChI=1S/C17H14ClF3N4O2S/c18-13-6-7-16(14(8-13)17(19,20)21)28(26,27)24-15(9-25-11-22-10-23-25)12-4-2-1-3-5-12/h1-8,10-11,15,24H,9H2. The van der Waals surface area contributed by atoms with Crippen molar-refractivity contribution in [1.29, 1.82) is 0 Å². The zero-order valence-corrected chi connectivity index (χ0v) is 15.7. The van der Waals surface area contributed by atoms with Gasteiger partial charge in [0.25, 0.3) is 0 Å². The number of aromatic nitrogens is 3. The van der Waals surface area contributed by atoms with Gasteiger partial charge in [0, 0.05) is 5.02 Å². The lowest BCUT2D eigenvalue weighted by Crippen LogP contribution is -2.33. The summed E-state index contributed by atoms with van der Waals surface area (Å²) in [6, 6.07) is 10.1. The first-order chi connectivity index (χ1) is 13.2. The minimum Gasteiger partial charge on any atom is -0.251 e. The number of alkyl halides is 3. The van der Waals surface area contributed by atoms with Gasteiger partial charge in [0.05, 0.1) is 23.0 Å². The first-order valence-corrected chi connectivity index (χ1v) is 9.79. The molecule has 1 heterocycles. The normalized spacial score (nSPS) is 13.4. The van der Waals surface area contributed by atoms with Crippen molar-refractivity contribution in [3.63, 3.8) is 0 Å². The molecule has 11 heteroatoms. The highest BCUT2D eigenvalue weighted by atomic mass is 35.5. The quantitative estimate of drug-likeness (QED) is 0.647. The Bertz CT molecular complexity index is 1040. The summed E-state index contributed by atoms with van der Waals surface area (Å²) >= 11 is 5.64. The van der Waals surface area contributed by atoms with Crippen LogP contribution in [0.3, 0.4) is 0 Å². The van der Waals surface area contributed by atoms with Crippen LogP contribution in [-0.2, 0) is 22.7 Å². The molecule has 148 valence electrons. The van der Waals surface area contributed by atoms with Crippen LogP contribution in [0, 0.1) is 0 Å². The van der Waals surface area contributed by atoms with E-state index in [2.05, 4.69) is 14.8 Å². The molecule has 28 heavy (non-hydrogen) atoms. The van der Waals surface area contributed by atoms with E-state index in [0.717, 1.165) is 12.1 Å². The molecule has 0 saturated carbocycles. The van der Waals surface area contributed by atoms with Crippen LogP contribution in [0.4, 0.5) is 13.2 Å². The van der Waals surface area contributed by atoms with E-state index in [1.165, 1.54) is 17.3 Å². The maximum atomic E-state index is 13.4. The number of rotatable bonds is 6. The smallest absolute Gasteiger partial charge is 0.251 e. The zero-order valence-electron chi connectivity index (χ0n) is 14.1. The number of halogens is 4. The lowest BCUT2D eigenvalue weighted by molar-refractivity contribution is -0.139. The van der Waals surface area contributed by atoms with E-state index in [1.807, 2.05) is 0 Å². The Labute approximate surface area is 164 Å². The molecule has 0 aliphatic heterocycles. The van der Waals surface area contributed by atoms with Gasteiger partial charge in [-0.2, -0.15) is 18.3 Å². The summed E-state index contributed by atoms with van der Waals surface area (Å²) in [5.74, 6) is 0. The molecule has 0 bridgehead atoms.